The molecular formula is C17H17Cl2N5O. The van der Waals surface area contributed by atoms with E-state index in [-0.39, 0.29) is 5.91 Å². The fourth-order valence-electron chi connectivity index (χ4n) is 2.44. The van der Waals surface area contributed by atoms with E-state index in [1.165, 1.54) is 0 Å². The zero-order valence-corrected chi connectivity index (χ0v) is 15.3. The highest BCUT2D eigenvalue weighted by Crippen LogP contribution is 2.23. The summed E-state index contributed by atoms with van der Waals surface area (Å²) < 4.78 is 3.35. The van der Waals surface area contributed by atoms with Crippen LogP contribution < -0.4 is 5.32 Å². The Morgan fingerprint density at radius 1 is 1.12 bits per heavy atom. The molecule has 130 valence electrons. The van der Waals surface area contributed by atoms with Gasteiger partial charge in [0.2, 0.25) is 0 Å². The Balaban J connectivity index is 1.77. The van der Waals surface area contributed by atoms with Gasteiger partial charge in [-0.2, -0.15) is 10.2 Å². The summed E-state index contributed by atoms with van der Waals surface area (Å²) in [4.78, 5) is 12.4. The lowest BCUT2D eigenvalue weighted by molar-refractivity contribution is 0.102. The molecule has 6 nitrogen and oxygen atoms in total. The van der Waals surface area contributed by atoms with Gasteiger partial charge in [-0.15, -0.1) is 0 Å². The maximum atomic E-state index is 12.4. The minimum absolute atomic E-state index is 0.290. The minimum atomic E-state index is -0.290. The molecule has 0 saturated heterocycles. The van der Waals surface area contributed by atoms with Crippen molar-refractivity contribution in [1.29, 1.82) is 0 Å². The van der Waals surface area contributed by atoms with Gasteiger partial charge in [0, 0.05) is 24.0 Å². The third kappa shape index (κ3) is 3.86. The van der Waals surface area contributed by atoms with Crippen LogP contribution in [0.3, 0.4) is 0 Å². The van der Waals surface area contributed by atoms with E-state index in [4.69, 9.17) is 23.2 Å². The highest BCUT2D eigenvalue weighted by Gasteiger charge is 2.17. The number of amides is 1. The van der Waals surface area contributed by atoms with E-state index in [2.05, 4.69) is 15.5 Å². The molecule has 0 bridgehead atoms. The molecule has 1 amide bonds. The topological polar surface area (TPSA) is 64.7 Å². The maximum absolute atomic E-state index is 12.4. The van der Waals surface area contributed by atoms with Gasteiger partial charge in [0.15, 0.2) is 5.82 Å². The van der Waals surface area contributed by atoms with Crippen LogP contribution in [0.1, 0.15) is 28.5 Å². The highest BCUT2D eigenvalue weighted by molar-refractivity contribution is 6.33. The van der Waals surface area contributed by atoms with E-state index in [0.717, 1.165) is 5.56 Å². The molecule has 0 unspecified atom stereocenters. The molecule has 0 aliphatic heterocycles. The number of benzene rings is 1. The van der Waals surface area contributed by atoms with Crippen LogP contribution in [0.4, 0.5) is 5.82 Å². The lowest BCUT2D eigenvalue weighted by Crippen LogP contribution is -2.13. The van der Waals surface area contributed by atoms with Crippen molar-refractivity contribution < 1.29 is 4.79 Å². The zero-order valence-electron chi connectivity index (χ0n) is 13.8. The number of anilines is 1. The van der Waals surface area contributed by atoms with Gasteiger partial charge in [-0.05, 0) is 25.5 Å². The number of nitrogens with one attached hydrogen (secondary N) is 1. The molecule has 3 rings (SSSR count). The Labute approximate surface area is 155 Å². The Morgan fingerprint density at radius 3 is 2.56 bits per heavy atom. The van der Waals surface area contributed by atoms with Crippen molar-refractivity contribution in [2.24, 2.45) is 0 Å². The average molecular weight is 378 g/mol. The van der Waals surface area contributed by atoms with Crippen molar-refractivity contribution in [1.82, 2.24) is 19.6 Å². The molecule has 0 spiro atoms. The number of aryl methyl sites for hydroxylation is 2. The Morgan fingerprint density at radius 2 is 1.88 bits per heavy atom. The minimum Gasteiger partial charge on any atom is -0.304 e. The van der Waals surface area contributed by atoms with Gasteiger partial charge in [0.25, 0.3) is 5.91 Å². The molecule has 8 heteroatoms. The Bertz CT molecular complexity index is 916. The number of hydrogen-bond acceptors (Lipinski definition) is 3. The van der Waals surface area contributed by atoms with E-state index in [1.807, 2.05) is 31.2 Å². The van der Waals surface area contributed by atoms with Gasteiger partial charge in [0.1, 0.15) is 5.02 Å². The van der Waals surface area contributed by atoms with Crippen molar-refractivity contribution in [3.8, 4) is 0 Å². The second-order valence-corrected chi connectivity index (χ2v) is 6.37. The number of aromatic nitrogens is 4. The number of nitrogens with zero attached hydrogens (tertiary/aromatic N) is 4. The third-order valence-electron chi connectivity index (χ3n) is 3.75. The van der Waals surface area contributed by atoms with Gasteiger partial charge in [-0.25, -0.2) is 0 Å². The molecular weight excluding hydrogens is 361 g/mol. The van der Waals surface area contributed by atoms with Crippen LogP contribution in [-0.4, -0.2) is 25.5 Å². The normalized spacial score (nSPS) is 10.9. The molecule has 0 aliphatic rings. The summed E-state index contributed by atoms with van der Waals surface area (Å²) in [5, 5.41) is 12.4. The van der Waals surface area contributed by atoms with Crippen LogP contribution in [0.2, 0.25) is 10.0 Å². The fourth-order valence-corrected chi connectivity index (χ4v) is 2.83. The van der Waals surface area contributed by atoms with E-state index >= 15 is 0 Å². The summed E-state index contributed by atoms with van der Waals surface area (Å²) in [6, 6.07) is 7.51. The Kier molecular flexibility index (Phi) is 5.11. The molecule has 0 radical (unpaired) electrons. The SMILES string of the molecule is CCn1cc(C(=O)Nc2nn(Cc3ccccc3Cl)cc2Cl)c(C)n1. The van der Waals surface area contributed by atoms with Crippen molar-refractivity contribution >= 4 is 34.9 Å². The lowest BCUT2D eigenvalue weighted by atomic mass is 10.2. The molecule has 0 atom stereocenters. The maximum Gasteiger partial charge on any atom is 0.260 e. The largest absolute Gasteiger partial charge is 0.304 e. The quantitative estimate of drug-likeness (QED) is 0.730. The van der Waals surface area contributed by atoms with Crippen molar-refractivity contribution in [3.05, 3.63) is 63.5 Å². The van der Waals surface area contributed by atoms with Crippen molar-refractivity contribution in [2.75, 3.05) is 5.32 Å². The third-order valence-corrected chi connectivity index (χ3v) is 4.40. The number of carbonyl (C=O) groups is 1. The van der Waals surface area contributed by atoms with Crippen LogP contribution in [0, 0.1) is 6.92 Å². The summed E-state index contributed by atoms with van der Waals surface area (Å²) in [7, 11) is 0. The second kappa shape index (κ2) is 7.29. The standard InChI is InChI=1S/C17H17Cl2N5O/c1-3-23-9-13(11(2)21-23)17(25)20-16-15(19)10-24(22-16)8-12-6-4-5-7-14(12)18/h4-7,9-10H,3,8H2,1-2H3,(H,20,22,25). The predicted octanol–water partition coefficient (Wildman–Crippen LogP) is 4.02. The van der Waals surface area contributed by atoms with Crippen LogP contribution in [0.25, 0.3) is 0 Å². The number of rotatable bonds is 5. The smallest absolute Gasteiger partial charge is 0.260 e. The first kappa shape index (κ1) is 17.5. The van der Waals surface area contributed by atoms with Gasteiger partial charge in [-0.3, -0.25) is 14.2 Å². The number of hydrogen-bond donors (Lipinski definition) is 1. The summed E-state index contributed by atoms with van der Waals surface area (Å²) in [5.74, 6) is 0.0180. The molecule has 1 N–H and O–H groups in total. The number of carbonyl (C=O) groups excluding carboxylic acids is 1. The summed E-state index contributed by atoms with van der Waals surface area (Å²) in [6.07, 6.45) is 3.36. The Hall–Kier alpha value is -2.31. The molecule has 1 aromatic carbocycles. The lowest BCUT2D eigenvalue weighted by Gasteiger charge is -2.04. The van der Waals surface area contributed by atoms with Gasteiger partial charge >= 0.3 is 0 Å². The molecule has 2 aromatic heterocycles. The van der Waals surface area contributed by atoms with Crippen molar-refractivity contribution in [3.63, 3.8) is 0 Å². The van der Waals surface area contributed by atoms with Crippen LogP contribution in [0.15, 0.2) is 36.7 Å². The van der Waals surface area contributed by atoms with E-state index < -0.39 is 0 Å². The second-order valence-electron chi connectivity index (χ2n) is 5.55. The highest BCUT2D eigenvalue weighted by atomic mass is 35.5. The van der Waals surface area contributed by atoms with E-state index in [1.54, 1.807) is 28.7 Å². The van der Waals surface area contributed by atoms with Gasteiger partial charge < -0.3 is 5.32 Å². The van der Waals surface area contributed by atoms with E-state index in [9.17, 15) is 4.79 Å². The predicted molar refractivity (Wildman–Crippen MR) is 98.4 cm³/mol. The molecule has 0 aliphatic carbocycles. The number of halogens is 2. The fraction of sp³-hybridized carbons (Fsp3) is 0.235. The van der Waals surface area contributed by atoms with E-state index in [0.29, 0.717) is 40.2 Å². The molecule has 2 heterocycles. The van der Waals surface area contributed by atoms with Gasteiger partial charge in [0.05, 0.1) is 17.8 Å². The summed E-state index contributed by atoms with van der Waals surface area (Å²) in [6.45, 7) is 4.91. The average Bonchev–Trinajstić information content (AvgIpc) is 3.12. The summed E-state index contributed by atoms with van der Waals surface area (Å²) in [5.41, 5.74) is 2.07. The molecule has 0 fully saturated rings. The monoisotopic (exact) mass is 377 g/mol. The molecule has 3 aromatic rings. The first-order valence-electron chi connectivity index (χ1n) is 7.79. The first-order chi connectivity index (χ1) is 12.0. The zero-order chi connectivity index (χ0) is 18.0. The van der Waals surface area contributed by atoms with Crippen LogP contribution in [-0.2, 0) is 13.1 Å². The van der Waals surface area contributed by atoms with Crippen LogP contribution in [0.5, 0.6) is 0 Å². The summed E-state index contributed by atoms with van der Waals surface area (Å²) >= 11 is 12.4. The molecule has 0 saturated carbocycles. The molecule has 25 heavy (non-hydrogen) atoms. The van der Waals surface area contributed by atoms with Gasteiger partial charge in [-0.1, -0.05) is 41.4 Å². The first-order valence-corrected chi connectivity index (χ1v) is 8.55. The van der Waals surface area contributed by atoms with Crippen LogP contribution >= 0.6 is 23.2 Å². The van der Waals surface area contributed by atoms with Crippen molar-refractivity contribution in [2.45, 2.75) is 26.9 Å².